The van der Waals surface area contributed by atoms with Crippen molar-refractivity contribution in [2.75, 3.05) is 0 Å². The fourth-order valence-corrected chi connectivity index (χ4v) is 1.70. The molecular formula is C7H5NO6S-2. The summed E-state index contributed by atoms with van der Waals surface area (Å²) in [6, 6.07) is 1.73. The highest BCUT2D eigenvalue weighted by atomic mass is 32.2. The molecular weight excluding hydrogens is 226 g/mol. The summed E-state index contributed by atoms with van der Waals surface area (Å²) in [7, 11) is -4.98. The van der Waals surface area contributed by atoms with Crippen LogP contribution in [0.25, 0.3) is 0 Å². The first-order chi connectivity index (χ1) is 6.73. The van der Waals surface area contributed by atoms with Crippen LogP contribution in [0.5, 0.6) is 5.75 Å². The van der Waals surface area contributed by atoms with Crippen molar-refractivity contribution in [3.63, 3.8) is 0 Å². The second-order valence-corrected chi connectivity index (χ2v) is 4.17. The standard InChI is InChI=1S/C7H7NO6S/c1-4-2-5(8(10)11)7(9)6(3-4)15(12,13)14/h2-3,9H,1H3,(H,12,13,14)/p-2. The van der Waals surface area contributed by atoms with E-state index in [0.29, 0.717) is 0 Å². The van der Waals surface area contributed by atoms with Gasteiger partial charge in [0.2, 0.25) is 0 Å². The minimum absolute atomic E-state index is 0.163. The van der Waals surface area contributed by atoms with E-state index in [1.807, 2.05) is 0 Å². The largest absolute Gasteiger partial charge is 0.867 e. The van der Waals surface area contributed by atoms with Crippen LogP contribution in [0, 0.1) is 17.0 Å². The van der Waals surface area contributed by atoms with Crippen LogP contribution in [0.2, 0.25) is 0 Å². The Bertz CT molecular complexity index is 521. The molecule has 0 atom stereocenters. The van der Waals surface area contributed by atoms with Gasteiger partial charge in [-0.1, -0.05) is 0 Å². The lowest BCUT2D eigenvalue weighted by Gasteiger charge is -2.16. The molecule has 0 aromatic heterocycles. The topological polar surface area (TPSA) is 123 Å². The van der Waals surface area contributed by atoms with Crippen LogP contribution in [0.15, 0.2) is 17.0 Å². The lowest BCUT2D eigenvalue weighted by molar-refractivity contribution is -0.399. The van der Waals surface area contributed by atoms with Crippen molar-refractivity contribution >= 4 is 15.8 Å². The van der Waals surface area contributed by atoms with Crippen molar-refractivity contribution < 1.29 is 23.0 Å². The van der Waals surface area contributed by atoms with Crippen LogP contribution in [-0.4, -0.2) is 17.9 Å². The van der Waals surface area contributed by atoms with Crippen LogP contribution >= 0.6 is 0 Å². The molecule has 0 N–H and O–H groups in total. The Kier molecular flexibility index (Phi) is 2.65. The molecule has 0 aliphatic rings. The fourth-order valence-electron chi connectivity index (χ4n) is 1.04. The molecule has 0 bridgehead atoms. The molecule has 7 nitrogen and oxygen atoms in total. The van der Waals surface area contributed by atoms with E-state index in [-0.39, 0.29) is 5.56 Å². The lowest BCUT2D eigenvalue weighted by atomic mass is 10.2. The average molecular weight is 231 g/mol. The van der Waals surface area contributed by atoms with Crippen LogP contribution in [0.4, 0.5) is 5.69 Å². The van der Waals surface area contributed by atoms with Crippen LogP contribution in [0.1, 0.15) is 5.56 Å². The van der Waals surface area contributed by atoms with E-state index in [0.717, 1.165) is 12.1 Å². The molecule has 0 unspecified atom stereocenters. The molecule has 1 aromatic carbocycles. The summed E-state index contributed by atoms with van der Waals surface area (Å²) in [6.45, 7) is 1.35. The number of aryl methyl sites for hydroxylation is 1. The first-order valence-electron chi connectivity index (χ1n) is 3.65. The van der Waals surface area contributed by atoms with Crippen molar-refractivity contribution in [1.82, 2.24) is 0 Å². The zero-order valence-electron chi connectivity index (χ0n) is 7.46. The van der Waals surface area contributed by atoms with Crippen LogP contribution in [-0.2, 0) is 10.1 Å². The van der Waals surface area contributed by atoms with Crippen LogP contribution < -0.4 is 5.11 Å². The first kappa shape index (κ1) is 11.4. The summed E-state index contributed by atoms with van der Waals surface area (Å²) in [6.07, 6.45) is 0. The Balaban J connectivity index is 3.63. The third kappa shape index (κ3) is 2.22. The molecule has 0 aliphatic carbocycles. The summed E-state index contributed by atoms with van der Waals surface area (Å²) >= 11 is 0. The highest BCUT2D eigenvalue weighted by Crippen LogP contribution is 2.31. The van der Waals surface area contributed by atoms with Gasteiger partial charge >= 0.3 is 0 Å². The van der Waals surface area contributed by atoms with E-state index in [2.05, 4.69) is 0 Å². The predicted octanol–water partition coefficient (Wildman–Crippen LogP) is -0.119. The second kappa shape index (κ2) is 3.48. The Morgan fingerprint density at radius 3 is 2.27 bits per heavy atom. The molecule has 0 saturated heterocycles. The molecule has 8 heteroatoms. The number of hydrogen-bond acceptors (Lipinski definition) is 6. The Hall–Kier alpha value is -1.67. The number of hydrogen-bond donors (Lipinski definition) is 0. The molecule has 0 heterocycles. The molecule has 15 heavy (non-hydrogen) atoms. The molecule has 0 aliphatic heterocycles. The molecule has 82 valence electrons. The van der Waals surface area contributed by atoms with E-state index in [1.165, 1.54) is 6.92 Å². The minimum atomic E-state index is -4.98. The smallest absolute Gasteiger partial charge is 0.263 e. The van der Waals surface area contributed by atoms with Crippen molar-refractivity contribution in [2.24, 2.45) is 0 Å². The van der Waals surface area contributed by atoms with E-state index in [1.54, 1.807) is 0 Å². The second-order valence-electron chi connectivity index (χ2n) is 2.82. The predicted molar refractivity (Wildman–Crippen MR) is 45.2 cm³/mol. The van der Waals surface area contributed by atoms with Gasteiger partial charge in [0.25, 0.3) is 5.69 Å². The number of nitro groups is 1. The van der Waals surface area contributed by atoms with E-state index in [4.69, 9.17) is 0 Å². The monoisotopic (exact) mass is 231 g/mol. The quantitative estimate of drug-likeness (QED) is 0.397. The van der Waals surface area contributed by atoms with E-state index < -0.39 is 31.4 Å². The molecule has 0 fully saturated rings. The van der Waals surface area contributed by atoms with Gasteiger partial charge in [-0.2, -0.15) is 0 Å². The zero-order valence-corrected chi connectivity index (χ0v) is 8.28. The lowest BCUT2D eigenvalue weighted by Crippen LogP contribution is -2.08. The van der Waals surface area contributed by atoms with Gasteiger partial charge in [0.15, 0.2) is 0 Å². The number of nitro benzene ring substituents is 1. The highest BCUT2D eigenvalue weighted by molar-refractivity contribution is 7.85. The highest BCUT2D eigenvalue weighted by Gasteiger charge is 2.14. The summed E-state index contributed by atoms with van der Waals surface area (Å²) in [5.41, 5.74) is -0.750. The van der Waals surface area contributed by atoms with E-state index >= 15 is 0 Å². The third-order valence-electron chi connectivity index (χ3n) is 1.65. The minimum Gasteiger partial charge on any atom is -0.867 e. The van der Waals surface area contributed by atoms with Gasteiger partial charge in [-0.15, -0.1) is 0 Å². The number of benzene rings is 1. The molecule has 1 aromatic rings. The normalized spacial score (nSPS) is 11.3. The van der Waals surface area contributed by atoms with Gasteiger partial charge in [0, 0.05) is 6.07 Å². The van der Waals surface area contributed by atoms with Gasteiger partial charge in [0.05, 0.1) is 9.82 Å². The molecule has 0 saturated carbocycles. The summed E-state index contributed by atoms with van der Waals surface area (Å²) in [5.74, 6) is -1.37. The third-order valence-corrected chi connectivity index (χ3v) is 2.49. The number of rotatable bonds is 2. The van der Waals surface area contributed by atoms with Gasteiger partial charge in [-0.05, 0) is 24.3 Å². The van der Waals surface area contributed by atoms with E-state index in [9.17, 15) is 28.2 Å². The fraction of sp³-hybridized carbons (Fsp3) is 0.143. The van der Waals surface area contributed by atoms with Crippen molar-refractivity contribution in [2.45, 2.75) is 11.8 Å². The summed E-state index contributed by atoms with van der Waals surface area (Å²) < 4.78 is 31.8. The number of nitrogens with zero attached hydrogens (tertiary/aromatic N) is 1. The van der Waals surface area contributed by atoms with Gasteiger partial charge in [-0.25, -0.2) is 8.42 Å². The molecule has 0 amide bonds. The maximum atomic E-state index is 11.2. The maximum absolute atomic E-state index is 11.2. The summed E-state index contributed by atoms with van der Waals surface area (Å²) in [4.78, 5) is 8.25. The average Bonchev–Trinajstić information content (AvgIpc) is 2.06. The SMILES string of the molecule is Cc1cc([N+](=O)[O-])c([O-])c(S(=O)(=O)[O-])c1. The zero-order chi connectivity index (χ0) is 11.8. The Labute approximate surface area is 84.9 Å². The molecule has 0 radical (unpaired) electrons. The molecule has 0 spiro atoms. The van der Waals surface area contributed by atoms with Gasteiger partial charge in [0.1, 0.15) is 10.1 Å². The maximum Gasteiger partial charge on any atom is 0.263 e. The van der Waals surface area contributed by atoms with Crippen molar-refractivity contribution in [3.05, 3.63) is 27.8 Å². The van der Waals surface area contributed by atoms with Crippen molar-refractivity contribution in [3.8, 4) is 5.75 Å². The Morgan fingerprint density at radius 1 is 1.33 bits per heavy atom. The Morgan fingerprint density at radius 2 is 1.87 bits per heavy atom. The summed E-state index contributed by atoms with van der Waals surface area (Å²) in [5, 5.41) is 21.6. The van der Waals surface area contributed by atoms with Crippen LogP contribution in [0.3, 0.4) is 0 Å². The van der Waals surface area contributed by atoms with Gasteiger partial charge < -0.3 is 9.66 Å². The molecule has 1 rings (SSSR count). The van der Waals surface area contributed by atoms with Gasteiger partial charge in [-0.3, -0.25) is 10.1 Å². The first-order valence-corrected chi connectivity index (χ1v) is 5.06. The van der Waals surface area contributed by atoms with Crippen molar-refractivity contribution in [1.29, 1.82) is 0 Å².